The van der Waals surface area contributed by atoms with Crippen molar-refractivity contribution < 1.29 is 24.7 Å². The second-order valence-electron chi connectivity index (χ2n) is 4.83. The summed E-state index contributed by atoms with van der Waals surface area (Å²) in [4.78, 5) is 34.5. The highest BCUT2D eigenvalue weighted by Gasteiger charge is 2.32. The molecule has 0 radical (unpaired) electrons. The van der Waals surface area contributed by atoms with Gasteiger partial charge < -0.3 is 10.2 Å². The molecule has 1 saturated heterocycles. The molecule has 126 valence electrons. The molecule has 0 saturated carbocycles. The van der Waals surface area contributed by atoms with Crippen molar-refractivity contribution in [2.45, 2.75) is 12.8 Å². The van der Waals surface area contributed by atoms with Gasteiger partial charge in [-0.25, -0.2) is 0 Å². The minimum atomic E-state index is -0.961. The zero-order valence-corrected chi connectivity index (χ0v) is 13.8. The van der Waals surface area contributed by atoms with Crippen molar-refractivity contribution in [3.05, 3.63) is 38.8 Å². The van der Waals surface area contributed by atoms with E-state index >= 15 is 0 Å². The summed E-state index contributed by atoms with van der Waals surface area (Å²) in [7, 11) is 0. The van der Waals surface area contributed by atoms with E-state index in [2.05, 4.69) is 0 Å². The standard InChI is InChI=1S/C14H12N2O6S2/c17-10-4-3-9(16(21)22)6-8(10)7-11-13(20)15(14(23)24-11)5-1-2-12(18)19/h3-4,6-7,17H,1-2,5H2,(H,18,19)/b11-7-. The number of phenols is 1. The smallest absolute Gasteiger partial charge is 0.303 e. The van der Waals surface area contributed by atoms with Gasteiger partial charge in [0, 0.05) is 30.7 Å². The SMILES string of the molecule is O=C(O)CCCN1C(=O)/C(=C/c2cc([N+](=O)[O-])ccc2O)SC1=S. The van der Waals surface area contributed by atoms with E-state index < -0.39 is 16.8 Å². The molecule has 1 amide bonds. The second-order valence-corrected chi connectivity index (χ2v) is 6.51. The largest absolute Gasteiger partial charge is 0.507 e. The Hall–Kier alpha value is -2.46. The lowest BCUT2D eigenvalue weighted by molar-refractivity contribution is -0.384. The number of carboxylic acid groups (broad SMARTS) is 1. The topological polar surface area (TPSA) is 121 Å². The van der Waals surface area contributed by atoms with Gasteiger partial charge in [-0.05, 0) is 18.6 Å². The number of nitro benzene ring substituents is 1. The van der Waals surface area contributed by atoms with E-state index in [-0.39, 0.29) is 45.6 Å². The van der Waals surface area contributed by atoms with Gasteiger partial charge in [0.15, 0.2) is 0 Å². The van der Waals surface area contributed by atoms with E-state index in [1.807, 2.05) is 0 Å². The predicted molar refractivity (Wildman–Crippen MR) is 91.5 cm³/mol. The molecule has 1 fully saturated rings. The molecule has 1 aliphatic heterocycles. The summed E-state index contributed by atoms with van der Waals surface area (Å²) in [5.41, 5.74) is -0.0776. The van der Waals surface area contributed by atoms with Gasteiger partial charge in [0.05, 0.1) is 9.83 Å². The van der Waals surface area contributed by atoms with Crippen LogP contribution in [0.15, 0.2) is 23.1 Å². The number of hydrogen-bond acceptors (Lipinski definition) is 7. The molecule has 1 heterocycles. The molecule has 1 aromatic rings. The number of phenolic OH excluding ortho intramolecular Hbond substituents is 1. The minimum absolute atomic E-state index is 0.0816. The number of nitro groups is 1. The highest BCUT2D eigenvalue weighted by atomic mass is 32.2. The monoisotopic (exact) mass is 368 g/mol. The summed E-state index contributed by atoms with van der Waals surface area (Å²) in [6, 6.07) is 3.49. The highest BCUT2D eigenvalue weighted by molar-refractivity contribution is 8.26. The van der Waals surface area contributed by atoms with Crippen molar-refractivity contribution in [3.63, 3.8) is 0 Å². The molecule has 0 atom stereocenters. The molecule has 0 bridgehead atoms. The van der Waals surface area contributed by atoms with Gasteiger partial charge in [-0.1, -0.05) is 24.0 Å². The Bertz CT molecular complexity index is 762. The average Bonchev–Trinajstić information content (AvgIpc) is 2.76. The van der Waals surface area contributed by atoms with Gasteiger partial charge in [-0.2, -0.15) is 0 Å². The van der Waals surface area contributed by atoms with Crippen molar-refractivity contribution in [2.24, 2.45) is 0 Å². The van der Waals surface area contributed by atoms with Gasteiger partial charge in [0.2, 0.25) is 0 Å². The molecular formula is C14H12N2O6S2. The molecule has 0 spiro atoms. The highest BCUT2D eigenvalue weighted by Crippen LogP contribution is 2.35. The summed E-state index contributed by atoms with van der Waals surface area (Å²) < 4.78 is 0.279. The van der Waals surface area contributed by atoms with Gasteiger partial charge >= 0.3 is 5.97 Å². The fourth-order valence-electron chi connectivity index (χ4n) is 1.99. The molecule has 24 heavy (non-hydrogen) atoms. The number of nitrogens with zero attached hydrogens (tertiary/aromatic N) is 2. The molecular weight excluding hydrogens is 356 g/mol. The van der Waals surface area contributed by atoms with E-state index in [1.165, 1.54) is 17.0 Å². The first-order chi connectivity index (χ1) is 11.3. The summed E-state index contributed by atoms with van der Waals surface area (Å²) in [6.07, 6.45) is 1.51. The zero-order valence-electron chi connectivity index (χ0n) is 12.2. The van der Waals surface area contributed by atoms with E-state index in [9.17, 15) is 24.8 Å². The van der Waals surface area contributed by atoms with Crippen LogP contribution in [0.25, 0.3) is 6.08 Å². The van der Waals surface area contributed by atoms with E-state index in [0.717, 1.165) is 23.9 Å². The molecule has 8 nitrogen and oxygen atoms in total. The maximum Gasteiger partial charge on any atom is 0.303 e. The number of benzene rings is 1. The Morgan fingerprint density at radius 2 is 2.17 bits per heavy atom. The van der Waals surface area contributed by atoms with Gasteiger partial charge in [0.1, 0.15) is 10.1 Å². The number of carboxylic acids is 1. The number of rotatable bonds is 6. The van der Waals surface area contributed by atoms with Crippen molar-refractivity contribution in [2.75, 3.05) is 6.54 Å². The summed E-state index contributed by atoms with van der Waals surface area (Å²) >= 11 is 6.10. The Morgan fingerprint density at radius 3 is 2.79 bits per heavy atom. The van der Waals surface area contributed by atoms with Crippen LogP contribution in [0, 0.1) is 10.1 Å². The lowest BCUT2D eigenvalue weighted by atomic mass is 10.1. The molecule has 0 unspecified atom stereocenters. The molecule has 0 aliphatic carbocycles. The van der Waals surface area contributed by atoms with Crippen LogP contribution in [0.4, 0.5) is 5.69 Å². The average molecular weight is 368 g/mol. The van der Waals surface area contributed by atoms with Crippen LogP contribution in [-0.4, -0.2) is 42.8 Å². The fourth-order valence-corrected chi connectivity index (χ4v) is 3.29. The fraction of sp³-hybridized carbons (Fsp3) is 0.214. The zero-order chi connectivity index (χ0) is 17.9. The summed E-state index contributed by atoms with van der Waals surface area (Å²) in [5.74, 6) is -1.57. The van der Waals surface area contributed by atoms with Crippen LogP contribution in [0.1, 0.15) is 18.4 Å². The molecule has 10 heteroatoms. The lowest BCUT2D eigenvalue weighted by Crippen LogP contribution is -2.29. The number of carbonyl (C=O) groups is 2. The molecule has 0 aromatic heterocycles. The van der Waals surface area contributed by atoms with Crippen molar-refractivity contribution in [3.8, 4) is 5.75 Å². The quantitative estimate of drug-likeness (QED) is 0.340. The van der Waals surface area contributed by atoms with E-state index in [0.29, 0.717) is 0 Å². The van der Waals surface area contributed by atoms with Crippen molar-refractivity contribution in [1.82, 2.24) is 4.90 Å². The Morgan fingerprint density at radius 1 is 1.46 bits per heavy atom. The molecule has 2 N–H and O–H groups in total. The number of aliphatic carboxylic acids is 1. The maximum atomic E-state index is 12.3. The van der Waals surface area contributed by atoms with Crippen molar-refractivity contribution in [1.29, 1.82) is 0 Å². The van der Waals surface area contributed by atoms with Gasteiger partial charge in [-0.3, -0.25) is 24.6 Å². The van der Waals surface area contributed by atoms with Crippen LogP contribution in [0.5, 0.6) is 5.75 Å². The first kappa shape index (κ1) is 17.9. The van der Waals surface area contributed by atoms with E-state index in [4.69, 9.17) is 17.3 Å². The third-order valence-electron chi connectivity index (χ3n) is 3.15. The molecule has 1 aliphatic rings. The van der Waals surface area contributed by atoms with Crippen LogP contribution < -0.4 is 0 Å². The van der Waals surface area contributed by atoms with Crippen LogP contribution in [0.3, 0.4) is 0 Å². The van der Waals surface area contributed by atoms with Gasteiger partial charge in [0.25, 0.3) is 11.6 Å². The number of thiocarbonyl (C=S) groups is 1. The predicted octanol–water partition coefficient (Wildman–Crippen LogP) is 2.37. The van der Waals surface area contributed by atoms with Crippen LogP contribution in [-0.2, 0) is 9.59 Å². The summed E-state index contributed by atoms with van der Waals surface area (Å²) in [6.45, 7) is 0.176. The Kier molecular flexibility index (Phi) is 5.52. The number of non-ortho nitro benzene ring substituents is 1. The van der Waals surface area contributed by atoms with Crippen LogP contribution in [0.2, 0.25) is 0 Å². The number of aromatic hydroxyl groups is 1. The van der Waals surface area contributed by atoms with Crippen LogP contribution >= 0.6 is 24.0 Å². The van der Waals surface area contributed by atoms with Crippen molar-refractivity contribution >= 4 is 51.9 Å². The Labute approximate surface area is 145 Å². The lowest BCUT2D eigenvalue weighted by Gasteiger charge is -2.13. The normalized spacial score (nSPS) is 16.0. The van der Waals surface area contributed by atoms with Gasteiger partial charge in [-0.15, -0.1) is 0 Å². The maximum absolute atomic E-state index is 12.3. The minimum Gasteiger partial charge on any atom is -0.507 e. The third-order valence-corrected chi connectivity index (χ3v) is 4.53. The number of thioether (sulfide) groups is 1. The summed E-state index contributed by atoms with van der Waals surface area (Å²) in [5, 5.41) is 29.2. The van der Waals surface area contributed by atoms with E-state index in [1.54, 1.807) is 0 Å². The molecule has 1 aromatic carbocycles. The second kappa shape index (κ2) is 7.41. The number of amides is 1. The Balaban J connectivity index is 2.21. The molecule has 2 rings (SSSR count). The first-order valence-electron chi connectivity index (χ1n) is 6.74. The number of hydrogen-bond donors (Lipinski definition) is 2. The third kappa shape index (κ3) is 4.09. The first-order valence-corrected chi connectivity index (χ1v) is 7.96. The number of carbonyl (C=O) groups excluding carboxylic acids is 1.